The minimum Gasteiger partial charge on any atom is -0.390 e. The van der Waals surface area contributed by atoms with Crippen LogP contribution in [0, 0.1) is 11.3 Å². The number of β-amino-alcohol motifs (C(OH)–C–C–N with tert-alkyl or cyclic N) is 1. The third kappa shape index (κ3) is 2.56. The molecule has 2 aliphatic rings. The third-order valence-electron chi connectivity index (χ3n) is 5.40. The highest BCUT2D eigenvalue weighted by Gasteiger charge is 2.48. The first-order chi connectivity index (χ1) is 12.8. The van der Waals surface area contributed by atoms with Gasteiger partial charge in [0.2, 0.25) is 0 Å². The zero-order chi connectivity index (χ0) is 19.4. The standard InChI is InChI=1S/C20H19N3O3S/c1-19(26)10-23(11-19)18(25)14-13-7-8-20(9-21,12-5-3-2-4-6-12)16(24)15(13)27-17(14)22/h2-6,26H,7-8,10-11,22H2,1H3. The van der Waals surface area contributed by atoms with E-state index in [0.717, 1.165) is 11.3 Å². The lowest BCUT2D eigenvalue weighted by atomic mass is 9.69. The highest BCUT2D eigenvalue weighted by Crippen LogP contribution is 2.45. The van der Waals surface area contributed by atoms with Gasteiger partial charge in [-0.2, -0.15) is 5.26 Å². The Balaban J connectivity index is 1.74. The maximum Gasteiger partial charge on any atom is 0.257 e. The highest BCUT2D eigenvalue weighted by molar-refractivity contribution is 7.18. The van der Waals surface area contributed by atoms with Gasteiger partial charge in [0, 0.05) is 0 Å². The normalized spacial score (nSPS) is 23.3. The Morgan fingerprint density at radius 1 is 1.33 bits per heavy atom. The summed E-state index contributed by atoms with van der Waals surface area (Å²) in [4.78, 5) is 28.1. The van der Waals surface area contributed by atoms with Crippen molar-refractivity contribution in [2.45, 2.75) is 30.8 Å². The molecular formula is C20H19N3O3S. The molecule has 1 aliphatic carbocycles. The first-order valence-corrected chi connectivity index (χ1v) is 9.55. The predicted molar refractivity (Wildman–Crippen MR) is 102 cm³/mol. The second-order valence-electron chi connectivity index (χ2n) is 7.52. The highest BCUT2D eigenvalue weighted by atomic mass is 32.1. The molecule has 0 spiro atoms. The lowest BCUT2D eigenvalue weighted by molar-refractivity contribution is -0.0668. The monoisotopic (exact) mass is 381 g/mol. The number of nitriles is 1. The Hall–Kier alpha value is -2.69. The van der Waals surface area contributed by atoms with Gasteiger partial charge in [-0.05, 0) is 30.9 Å². The van der Waals surface area contributed by atoms with E-state index in [4.69, 9.17) is 5.73 Å². The summed E-state index contributed by atoms with van der Waals surface area (Å²) in [6.07, 6.45) is 0.746. The van der Waals surface area contributed by atoms with E-state index in [1.807, 2.05) is 18.2 Å². The fourth-order valence-electron chi connectivity index (χ4n) is 4.01. The lowest BCUT2D eigenvalue weighted by Crippen LogP contribution is -2.61. The van der Waals surface area contributed by atoms with E-state index in [1.54, 1.807) is 19.1 Å². The Kier molecular flexibility index (Phi) is 3.88. The number of anilines is 1. The number of carbonyl (C=O) groups excluding carboxylic acids is 2. The van der Waals surface area contributed by atoms with Gasteiger partial charge in [0.15, 0.2) is 5.78 Å². The number of ketones is 1. The van der Waals surface area contributed by atoms with Crippen LogP contribution < -0.4 is 5.73 Å². The molecule has 7 heteroatoms. The van der Waals surface area contributed by atoms with E-state index in [0.29, 0.717) is 39.4 Å². The van der Waals surface area contributed by atoms with Crippen molar-refractivity contribution < 1.29 is 14.7 Å². The molecule has 0 saturated carbocycles. The van der Waals surface area contributed by atoms with Crippen molar-refractivity contribution in [2.24, 2.45) is 0 Å². The number of hydrogen-bond donors (Lipinski definition) is 2. The van der Waals surface area contributed by atoms with Crippen molar-refractivity contribution in [3.8, 4) is 6.07 Å². The summed E-state index contributed by atoms with van der Waals surface area (Å²) >= 11 is 1.08. The third-order valence-corrected chi connectivity index (χ3v) is 6.46. The Labute approximate surface area is 160 Å². The predicted octanol–water partition coefficient (Wildman–Crippen LogP) is 2.13. The van der Waals surface area contributed by atoms with E-state index < -0.39 is 11.0 Å². The van der Waals surface area contributed by atoms with Gasteiger partial charge in [-0.3, -0.25) is 9.59 Å². The average Bonchev–Trinajstić information content (AvgIpc) is 2.97. The number of fused-ring (bicyclic) bond motifs is 1. The van der Waals surface area contributed by atoms with E-state index in [-0.39, 0.29) is 24.8 Å². The summed E-state index contributed by atoms with van der Waals surface area (Å²) in [6.45, 7) is 2.17. The number of Topliss-reactive ketones (excluding diaryl/α,β-unsaturated/α-hetero) is 1. The largest absolute Gasteiger partial charge is 0.390 e. The van der Waals surface area contributed by atoms with Crippen LogP contribution in [-0.4, -0.2) is 40.4 Å². The van der Waals surface area contributed by atoms with Crippen LogP contribution in [0.4, 0.5) is 5.00 Å². The molecule has 27 heavy (non-hydrogen) atoms. The molecule has 6 nitrogen and oxygen atoms in total. The fraction of sp³-hybridized carbons (Fsp3) is 0.350. The van der Waals surface area contributed by atoms with Crippen molar-refractivity contribution in [2.75, 3.05) is 18.8 Å². The first kappa shape index (κ1) is 17.7. The quantitative estimate of drug-likeness (QED) is 0.829. The molecule has 1 fully saturated rings. The molecule has 2 aromatic rings. The van der Waals surface area contributed by atoms with Gasteiger partial charge >= 0.3 is 0 Å². The van der Waals surface area contributed by atoms with Crippen LogP contribution in [-0.2, 0) is 11.8 Å². The van der Waals surface area contributed by atoms with E-state index in [1.165, 1.54) is 4.90 Å². The van der Waals surface area contributed by atoms with E-state index in [9.17, 15) is 20.0 Å². The Morgan fingerprint density at radius 2 is 2.00 bits per heavy atom. The van der Waals surface area contributed by atoms with Gasteiger partial charge in [0.05, 0.1) is 40.2 Å². The Bertz CT molecular complexity index is 982. The number of nitrogens with zero attached hydrogens (tertiary/aromatic N) is 2. The number of rotatable bonds is 2. The van der Waals surface area contributed by atoms with Crippen LogP contribution in [0.3, 0.4) is 0 Å². The molecule has 138 valence electrons. The first-order valence-electron chi connectivity index (χ1n) is 8.73. The van der Waals surface area contributed by atoms with Gasteiger partial charge < -0.3 is 15.7 Å². The number of amides is 1. The molecular weight excluding hydrogens is 362 g/mol. The molecule has 1 amide bonds. The van der Waals surface area contributed by atoms with Crippen LogP contribution in [0.25, 0.3) is 0 Å². The molecule has 1 atom stereocenters. The van der Waals surface area contributed by atoms with Crippen molar-refractivity contribution in [3.63, 3.8) is 0 Å². The molecule has 0 bridgehead atoms. The van der Waals surface area contributed by atoms with Gasteiger partial charge in [0.25, 0.3) is 5.91 Å². The summed E-state index contributed by atoms with van der Waals surface area (Å²) in [6, 6.07) is 11.3. The number of likely N-dealkylation sites (tertiary alicyclic amines) is 1. The summed E-state index contributed by atoms with van der Waals surface area (Å²) in [7, 11) is 0. The molecule has 1 aromatic carbocycles. The maximum absolute atomic E-state index is 13.3. The number of hydrogen-bond acceptors (Lipinski definition) is 6. The Morgan fingerprint density at radius 3 is 2.59 bits per heavy atom. The molecule has 4 rings (SSSR count). The number of nitrogen functional groups attached to an aromatic ring is 1. The van der Waals surface area contributed by atoms with Gasteiger partial charge in [0.1, 0.15) is 5.41 Å². The molecule has 1 aliphatic heterocycles. The summed E-state index contributed by atoms with van der Waals surface area (Å²) in [5.74, 6) is -0.544. The minimum atomic E-state index is -1.24. The van der Waals surface area contributed by atoms with Gasteiger partial charge in [-0.25, -0.2) is 0 Å². The van der Waals surface area contributed by atoms with Gasteiger partial charge in [-0.1, -0.05) is 30.3 Å². The van der Waals surface area contributed by atoms with Crippen LogP contribution in [0.5, 0.6) is 0 Å². The fourth-order valence-corrected chi connectivity index (χ4v) is 5.13. The SMILES string of the molecule is CC1(O)CN(C(=O)c2c(N)sc3c2CCC(C#N)(c2ccccc2)C3=O)C1. The summed E-state index contributed by atoms with van der Waals surface area (Å²) in [5.41, 5.74) is 5.66. The molecule has 2 heterocycles. The number of nitrogens with two attached hydrogens (primary N) is 1. The topological polar surface area (TPSA) is 107 Å². The number of thiophene rings is 1. The van der Waals surface area contributed by atoms with Crippen molar-refractivity contribution in [1.82, 2.24) is 4.90 Å². The molecule has 1 unspecified atom stereocenters. The average molecular weight is 381 g/mol. The van der Waals surface area contributed by atoms with Crippen molar-refractivity contribution >= 4 is 28.0 Å². The molecule has 1 aromatic heterocycles. The lowest BCUT2D eigenvalue weighted by Gasteiger charge is -2.44. The van der Waals surface area contributed by atoms with E-state index in [2.05, 4.69) is 6.07 Å². The molecule has 0 radical (unpaired) electrons. The van der Waals surface area contributed by atoms with Crippen LogP contribution in [0.1, 0.15) is 44.5 Å². The number of carbonyl (C=O) groups is 2. The molecule has 3 N–H and O–H groups in total. The molecule has 1 saturated heterocycles. The number of benzene rings is 1. The van der Waals surface area contributed by atoms with Crippen LogP contribution in [0.15, 0.2) is 30.3 Å². The second-order valence-corrected chi connectivity index (χ2v) is 8.57. The zero-order valence-electron chi connectivity index (χ0n) is 14.9. The number of aliphatic hydroxyl groups is 1. The summed E-state index contributed by atoms with van der Waals surface area (Å²) in [5, 5.41) is 20.1. The smallest absolute Gasteiger partial charge is 0.257 e. The second kappa shape index (κ2) is 5.91. The van der Waals surface area contributed by atoms with Crippen molar-refractivity contribution in [1.29, 1.82) is 5.26 Å². The van der Waals surface area contributed by atoms with Crippen LogP contribution >= 0.6 is 11.3 Å². The summed E-state index contributed by atoms with van der Waals surface area (Å²) < 4.78 is 0. The minimum absolute atomic E-state index is 0.246. The van der Waals surface area contributed by atoms with Crippen molar-refractivity contribution in [3.05, 3.63) is 51.9 Å². The van der Waals surface area contributed by atoms with E-state index >= 15 is 0 Å². The van der Waals surface area contributed by atoms with Gasteiger partial charge in [-0.15, -0.1) is 11.3 Å². The zero-order valence-corrected chi connectivity index (χ0v) is 15.7. The van der Waals surface area contributed by atoms with Crippen LogP contribution in [0.2, 0.25) is 0 Å². The maximum atomic E-state index is 13.3.